The summed E-state index contributed by atoms with van der Waals surface area (Å²) in [6.07, 6.45) is 3.78. The van der Waals surface area contributed by atoms with E-state index in [4.69, 9.17) is 0 Å². The molecule has 2 bridgehead atoms. The van der Waals surface area contributed by atoms with Crippen molar-refractivity contribution in [2.45, 2.75) is 65.1 Å². The summed E-state index contributed by atoms with van der Waals surface area (Å²) in [6, 6.07) is 0. The Balaban J connectivity index is 2.12. The Morgan fingerprint density at radius 1 is 1.00 bits per heavy atom. The lowest BCUT2D eigenvalue weighted by Gasteiger charge is -2.47. The lowest BCUT2D eigenvalue weighted by Crippen LogP contribution is -2.50. The van der Waals surface area contributed by atoms with Gasteiger partial charge >= 0.3 is 0 Å². The van der Waals surface area contributed by atoms with Crippen LogP contribution in [-0.2, 0) is 0 Å². The quantitative estimate of drug-likeness (QED) is 0.681. The molecule has 6 unspecified atom stereocenters. The lowest BCUT2D eigenvalue weighted by atomic mass is 9.62. The van der Waals surface area contributed by atoms with Crippen LogP contribution in [0.5, 0.6) is 0 Å². The van der Waals surface area contributed by atoms with Crippen molar-refractivity contribution in [3.05, 3.63) is 0 Å². The molecule has 0 aromatic heterocycles. The summed E-state index contributed by atoms with van der Waals surface area (Å²) < 4.78 is 0. The predicted octanol–water partition coefficient (Wildman–Crippen LogP) is 2.58. The SMILES string of the molecule is CC1CCC2C(C)(C)C3CC12C(O)CC3(C)O. The highest BCUT2D eigenvalue weighted by atomic mass is 16.3. The van der Waals surface area contributed by atoms with Gasteiger partial charge in [0.25, 0.3) is 0 Å². The van der Waals surface area contributed by atoms with Crippen molar-refractivity contribution in [3.63, 3.8) is 0 Å². The minimum atomic E-state index is -0.682. The highest BCUT2D eigenvalue weighted by Crippen LogP contribution is 2.72. The smallest absolute Gasteiger partial charge is 0.0678 e. The van der Waals surface area contributed by atoms with Crippen LogP contribution in [0.3, 0.4) is 0 Å². The first-order valence-electron chi connectivity index (χ1n) is 7.13. The Bertz CT molecular complexity index is 347. The van der Waals surface area contributed by atoms with Gasteiger partial charge in [-0.25, -0.2) is 0 Å². The zero-order chi connectivity index (χ0) is 12.6. The van der Waals surface area contributed by atoms with Crippen LogP contribution in [0, 0.1) is 28.6 Å². The van der Waals surface area contributed by atoms with E-state index in [1.807, 2.05) is 6.92 Å². The minimum absolute atomic E-state index is 0.108. The molecule has 0 saturated heterocycles. The maximum atomic E-state index is 10.6. The van der Waals surface area contributed by atoms with Crippen molar-refractivity contribution in [3.8, 4) is 0 Å². The van der Waals surface area contributed by atoms with E-state index in [1.165, 1.54) is 12.8 Å². The molecule has 3 aliphatic carbocycles. The molecule has 3 fully saturated rings. The molecule has 0 heterocycles. The summed E-state index contributed by atoms with van der Waals surface area (Å²) >= 11 is 0. The van der Waals surface area contributed by atoms with E-state index >= 15 is 0 Å². The summed E-state index contributed by atoms with van der Waals surface area (Å²) in [7, 11) is 0. The van der Waals surface area contributed by atoms with E-state index < -0.39 is 5.60 Å². The fraction of sp³-hybridized carbons (Fsp3) is 1.00. The first-order valence-corrected chi connectivity index (χ1v) is 7.13. The maximum Gasteiger partial charge on any atom is 0.0678 e. The van der Waals surface area contributed by atoms with Crippen LogP contribution < -0.4 is 0 Å². The molecule has 17 heavy (non-hydrogen) atoms. The third kappa shape index (κ3) is 1.19. The van der Waals surface area contributed by atoms with E-state index in [0.29, 0.717) is 24.2 Å². The van der Waals surface area contributed by atoms with Crippen molar-refractivity contribution in [1.82, 2.24) is 0 Å². The Morgan fingerprint density at radius 2 is 1.65 bits per heavy atom. The topological polar surface area (TPSA) is 40.5 Å². The van der Waals surface area contributed by atoms with Crippen LogP contribution in [0.25, 0.3) is 0 Å². The summed E-state index contributed by atoms with van der Waals surface area (Å²) in [5.41, 5.74) is -0.402. The van der Waals surface area contributed by atoms with Gasteiger partial charge in [0.05, 0.1) is 11.7 Å². The second kappa shape index (κ2) is 3.08. The molecule has 2 heteroatoms. The number of fused-ring (bicyclic) bond motifs is 1. The van der Waals surface area contributed by atoms with Crippen LogP contribution in [0.1, 0.15) is 53.4 Å². The molecule has 2 nitrogen and oxygen atoms in total. The highest BCUT2D eigenvalue weighted by molar-refractivity contribution is 5.19. The molecular formula is C15H26O2. The van der Waals surface area contributed by atoms with E-state index in [-0.39, 0.29) is 16.9 Å². The average molecular weight is 238 g/mol. The molecule has 1 spiro atoms. The van der Waals surface area contributed by atoms with E-state index in [2.05, 4.69) is 20.8 Å². The van der Waals surface area contributed by atoms with E-state index in [0.717, 1.165) is 6.42 Å². The molecule has 0 aliphatic heterocycles. The molecule has 2 N–H and O–H groups in total. The molecule has 0 amide bonds. The predicted molar refractivity (Wildman–Crippen MR) is 67.5 cm³/mol. The second-order valence-electron chi connectivity index (χ2n) is 7.80. The van der Waals surface area contributed by atoms with Crippen LogP contribution in [0.4, 0.5) is 0 Å². The van der Waals surface area contributed by atoms with E-state index in [9.17, 15) is 10.2 Å². The Morgan fingerprint density at radius 3 is 2.29 bits per heavy atom. The summed E-state index contributed by atoms with van der Waals surface area (Å²) in [6.45, 7) is 8.87. The maximum absolute atomic E-state index is 10.6. The zero-order valence-corrected chi connectivity index (χ0v) is 11.5. The van der Waals surface area contributed by atoms with Gasteiger partial charge in [0.1, 0.15) is 0 Å². The van der Waals surface area contributed by atoms with Crippen LogP contribution >= 0.6 is 0 Å². The number of rotatable bonds is 0. The standard InChI is InChI=1S/C15H26O2/c1-9-5-6-10-13(2,3)11-7-15(9,10)12(16)8-14(11,4)17/h9-12,16-17H,5-8H2,1-4H3. The molecule has 98 valence electrons. The van der Waals surface area contributed by atoms with Gasteiger partial charge in [0, 0.05) is 11.8 Å². The first kappa shape index (κ1) is 12.0. The molecule has 3 saturated carbocycles. The Labute approximate surface area is 104 Å². The summed E-state index contributed by atoms with van der Waals surface area (Å²) in [5, 5.41) is 21.3. The molecule has 6 atom stereocenters. The molecule has 3 rings (SSSR count). The largest absolute Gasteiger partial charge is 0.392 e. The van der Waals surface area contributed by atoms with Crippen molar-refractivity contribution < 1.29 is 10.2 Å². The third-order valence-corrected chi connectivity index (χ3v) is 6.79. The third-order valence-electron chi connectivity index (χ3n) is 6.79. The van der Waals surface area contributed by atoms with Gasteiger partial charge in [-0.2, -0.15) is 0 Å². The van der Waals surface area contributed by atoms with Crippen molar-refractivity contribution in [1.29, 1.82) is 0 Å². The average Bonchev–Trinajstić information content (AvgIpc) is 2.60. The van der Waals surface area contributed by atoms with Crippen LogP contribution in [-0.4, -0.2) is 21.9 Å². The molecule has 0 radical (unpaired) electrons. The van der Waals surface area contributed by atoms with Gasteiger partial charge in [0.15, 0.2) is 0 Å². The van der Waals surface area contributed by atoms with Gasteiger partial charge in [-0.15, -0.1) is 0 Å². The van der Waals surface area contributed by atoms with Gasteiger partial charge in [-0.05, 0) is 49.4 Å². The zero-order valence-electron chi connectivity index (χ0n) is 11.5. The molecular weight excluding hydrogens is 212 g/mol. The number of aliphatic hydroxyl groups excluding tert-OH is 1. The van der Waals surface area contributed by atoms with Gasteiger partial charge < -0.3 is 10.2 Å². The summed E-state index contributed by atoms with van der Waals surface area (Å²) in [5.74, 6) is 1.56. The number of aliphatic hydroxyl groups is 2. The first-order chi connectivity index (χ1) is 7.73. The second-order valence-corrected chi connectivity index (χ2v) is 7.80. The van der Waals surface area contributed by atoms with Gasteiger partial charge in [-0.1, -0.05) is 20.8 Å². The molecule has 0 aromatic rings. The summed E-state index contributed by atoms with van der Waals surface area (Å²) in [4.78, 5) is 0. The Kier molecular flexibility index (Phi) is 2.17. The Hall–Kier alpha value is -0.0800. The fourth-order valence-corrected chi connectivity index (χ4v) is 6.01. The monoisotopic (exact) mass is 238 g/mol. The molecule has 3 aliphatic rings. The van der Waals surface area contributed by atoms with Crippen molar-refractivity contribution in [2.75, 3.05) is 0 Å². The fourth-order valence-electron chi connectivity index (χ4n) is 6.01. The number of hydrogen-bond acceptors (Lipinski definition) is 2. The van der Waals surface area contributed by atoms with Crippen LogP contribution in [0.15, 0.2) is 0 Å². The van der Waals surface area contributed by atoms with Crippen molar-refractivity contribution >= 4 is 0 Å². The van der Waals surface area contributed by atoms with E-state index in [1.54, 1.807) is 0 Å². The molecule has 0 aromatic carbocycles. The van der Waals surface area contributed by atoms with Crippen LogP contribution in [0.2, 0.25) is 0 Å². The highest BCUT2D eigenvalue weighted by Gasteiger charge is 2.70. The lowest BCUT2D eigenvalue weighted by molar-refractivity contribution is -0.127. The number of hydrogen-bond donors (Lipinski definition) is 2. The van der Waals surface area contributed by atoms with Crippen molar-refractivity contribution in [2.24, 2.45) is 28.6 Å². The normalized spacial score (nSPS) is 60.4. The van der Waals surface area contributed by atoms with Gasteiger partial charge in [0.2, 0.25) is 0 Å². The van der Waals surface area contributed by atoms with Gasteiger partial charge in [-0.3, -0.25) is 0 Å². The minimum Gasteiger partial charge on any atom is -0.392 e.